The van der Waals surface area contributed by atoms with Gasteiger partial charge in [0.25, 0.3) is 10.2 Å². The van der Waals surface area contributed by atoms with Gasteiger partial charge in [0, 0.05) is 26.7 Å². The Morgan fingerprint density at radius 3 is 2.80 bits per heavy atom. The van der Waals surface area contributed by atoms with Gasteiger partial charge in [0.05, 0.1) is 12.5 Å². The summed E-state index contributed by atoms with van der Waals surface area (Å²) in [6.07, 6.45) is 1.97. The average molecular weight is 307 g/mol. The van der Waals surface area contributed by atoms with Crippen molar-refractivity contribution in [1.82, 2.24) is 8.61 Å². The van der Waals surface area contributed by atoms with E-state index in [1.54, 1.807) is 14.0 Å². The largest absolute Gasteiger partial charge is 0.466 e. The Morgan fingerprint density at radius 1 is 1.50 bits per heavy atom. The van der Waals surface area contributed by atoms with E-state index >= 15 is 0 Å². The summed E-state index contributed by atoms with van der Waals surface area (Å²) in [5, 5.41) is 0. The highest BCUT2D eigenvalue weighted by molar-refractivity contribution is 7.86. The lowest BCUT2D eigenvalue weighted by Gasteiger charge is -2.33. The molecule has 8 heteroatoms. The number of nitrogens with two attached hydrogens (primary N) is 1. The lowest BCUT2D eigenvalue weighted by molar-refractivity contribution is -0.149. The first kappa shape index (κ1) is 17.4. The number of piperidine rings is 1. The van der Waals surface area contributed by atoms with Crippen LogP contribution in [0, 0.1) is 5.92 Å². The number of rotatable bonds is 7. The van der Waals surface area contributed by atoms with Crippen molar-refractivity contribution in [2.24, 2.45) is 11.7 Å². The van der Waals surface area contributed by atoms with E-state index < -0.39 is 10.2 Å². The number of esters is 1. The summed E-state index contributed by atoms with van der Waals surface area (Å²) in [6, 6.07) is 0. The Balaban J connectivity index is 2.67. The minimum absolute atomic E-state index is 0.203. The summed E-state index contributed by atoms with van der Waals surface area (Å²) in [7, 11) is -1.97. The molecule has 1 aliphatic heterocycles. The normalized spacial score (nSPS) is 21.1. The molecule has 1 atom stereocenters. The molecule has 0 aromatic rings. The molecule has 0 aromatic heterocycles. The fraction of sp³-hybridized carbons (Fsp3) is 0.917. The van der Waals surface area contributed by atoms with E-state index in [-0.39, 0.29) is 18.4 Å². The van der Waals surface area contributed by atoms with E-state index in [0.29, 0.717) is 45.5 Å². The zero-order valence-corrected chi connectivity index (χ0v) is 13.1. The lowest BCUT2D eigenvalue weighted by atomic mass is 10.0. The first-order valence-electron chi connectivity index (χ1n) is 7.01. The van der Waals surface area contributed by atoms with Crippen molar-refractivity contribution in [2.75, 3.05) is 39.8 Å². The van der Waals surface area contributed by atoms with Crippen molar-refractivity contribution in [3.8, 4) is 0 Å². The van der Waals surface area contributed by atoms with Gasteiger partial charge in [-0.1, -0.05) is 0 Å². The molecule has 1 rings (SSSR count). The molecule has 0 spiro atoms. The molecule has 1 fully saturated rings. The molecule has 0 aliphatic carbocycles. The van der Waals surface area contributed by atoms with Gasteiger partial charge in [-0.05, 0) is 32.7 Å². The smallest absolute Gasteiger partial charge is 0.310 e. The minimum Gasteiger partial charge on any atom is -0.466 e. The Kier molecular flexibility index (Phi) is 6.87. The summed E-state index contributed by atoms with van der Waals surface area (Å²) in [5.74, 6) is -0.668. The second-order valence-corrected chi connectivity index (χ2v) is 6.96. The van der Waals surface area contributed by atoms with E-state index in [4.69, 9.17) is 10.5 Å². The zero-order valence-electron chi connectivity index (χ0n) is 12.2. The molecule has 0 amide bonds. The van der Waals surface area contributed by atoms with Crippen molar-refractivity contribution in [2.45, 2.75) is 26.2 Å². The number of hydrogen-bond acceptors (Lipinski definition) is 5. The third-order valence-electron chi connectivity index (χ3n) is 3.40. The topological polar surface area (TPSA) is 92.9 Å². The second-order valence-electron chi connectivity index (χ2n) is 4.92. The van der Waals surface area contributed by atoms with Gasteiger partial charge in [-0.25, -0.2) is 0 Å². The van der Waals surface area contributed by atoms with Crippen LogP contribution in [0.1, 0.15) is 26.2 Å². The minimum atomic E-state index is -3.51. The zero-order chi connectivity index (χ0) is 15.2. The van der Waals surface area contributed by atoms with Crippen molar-refractivity contribution in [1.29, 1.82) is 0 Å². The SMILES string of the molecule is CCOC(=O)C1CCCN(S(=O)(=O)N(C)CCCN)C1. The highest BCUT2D eigenvalue weighted by Crippen LogP contribution is 2.21. The van der Waals surface area contributed by atoms with E-state index in [9.17, 15) is 13.2 Å². The summed E-state index contributed by atoms with van der Waals surface area (Å²) < 4.78 is 32.4. The monoisotopic (exact) mass is 307 g/mol. The summed E-state index contributed by atoms with van der Waals surface area (Å²) >= 11 is 0. The molecule has 0 bridgehead atoms. The van der Waals surface area contributed by atoms with E-state index in [2.05, 4.69) is 0 Å². The predicted octanol–water partition coefficient (Wildman–Crippen LogP) is -0.213. The van der Waals surface area contributed by atoms with Crippen LogP contribution >= 0.6 is 0 Å². The molecule has 118 valence electrons. The van der Waals surface area contributed by atoms with Crippen LogP contribution in [0.25, 0.3) is 0 Å². The van der Waals surface area contributed by atoms with Crippen LogP contribution in [0.4, 0.5) is 0 Å². The maximum Gasteiger partial charge on any atom is 0.310 e. The van der Waals surface area contributed by atoms with Crippen LogP contribution < -0.4 is 5.73 Å². The van der Waals surface area contributed by atoms with Gasteiger partial charge >= 0.3 is 5.97 Å². The molecule has 20 heavy (non-hydrogen) atoms. The second kappa shape index (κ2) is 7.92. The average Bonchev–Trinajstić information content (AvgIpc) is 2.45. The number of carbonyl (C=O) groups excluding carboxylic acids is 1. The predicted molar refractivity (Wildman–Crippen MR) is 76.2 cm³/mol. The molecular formula is C12H25N3O4S. The van der Waals surface area contributed by atoms with Crippen LogP contribution in [0.5, 0.6) is 0 Å². The maximum absolute atomic E-state index is 12.4. The molecule has 1 saturated heterocycles. The molecule has 0 radical (unpaired) electrons. The summed E-state index contributed by atoms with van der Waals surface area (Å²) in [5.41, 5.74) is 5.40. The molecule has 1 heterocycles. The number of hydrogen-bond donors (Lipinski definition) is 1. The Bertz CT molecular complexity index is 413. The van der Waals surface area contributed by atoms with E-state index in [0.717, 1.165) is 0 Å². The van der Waals surface area contributed by atoms with Gasteiger partial charge in [-0.2, -0.15) is 17.0 Å². The standard InChI is InChI=1S/C12H25N3O4S/c1-3-19-12(16)11-6-4-9-15(10-11)20(17,18)14(2)8-5-7-13/h11H,3-10,13H2,1-2H3. The van der Waals surface area contributed by atoms with Gasteiger partial charge in [0.1, 0.15) is 0 Å². The molecular weight excluding hydrogens is 282 g/mol. The highest BCUT2D eigenvalue weighted by atomic mass is 32.2. The van der Waals surface area contributed by atoms with Crippen LogP contribution in [-0.2, 0) is 19.7 Å². The van der Waals surface area contributed by atoms with Crippen molar-refractivity contribution in [3.63, 3.8) is 0 Å². The quantitative estimate of drug-likeness (QED) is 0.657. The molecule has 7 nitrogen and oxygen atoms in total. The number of ether oxygens (including phenoxy) is 1. The molecule has 2 N–H and O–H groups in total. The first-order valence-corrected chi connectivity index (χ1v) is 8.41. The van der Waals surface area contributed by atoms with Crippen LogP contribution in [0.2, 0.25) is 0 Å². The van der Waals surface area contributed by atoms with Gasteiger partial charge in [0.2, 0.25) is 0 Å². The fourth-order valence-corrected chi connectivity index (χ4v) is 3.71. The van der Waals surface area contributed by atoms with Gasteiger partial charge in [0.15, 0.2) is 0 Å². The van der Waals surface area contributed by atoms with Crippen molar-refractivity contribution >= 4 is 16.2 Å². The summed E-state index contributed by atoms with van der Waals surface area (Å²) in [6.45, 7) is 3.55. The molecule has 1 unspecified atom stereocenters. The third-order valence-corrected chi connectivity index (χ3v) is 5.36. The van der Waals surface area contributed by atoms with Gasteiger partial charge in [-0.15, -0.1) is 0 Å². The van der Waals surface area contributed by atoms with Crippen molar-refractivity contribution in [3.05, 3.63) is 0 Å². The Hall–Kier alpha value is -0.700. The molecule has 0 aromatic carbocycles. The summed E-state index contributed by atoms with van der Waals surface area (Å²) in [4.78, 5) is 11.7. The van der Waals surface area contributed by atoms with Crippen molar-refractivity contribution < 1.29 is 17.9 Å². The Morgan fingerprint density at radius 2 is 2.20 bits per heavy atom. The van der Waals surface area contributed by atoms with Crippen LogP contribution in [-0.4, -0.2) is 62.8 Å². The van der Waals surface area contributed by atoms with Gasteiger partial charge < -0.3 is 10.5 Å². The number of carbonyl (C=O) groups is 1. The van der Waals surface area contributed by atoms with Crippen LogP contribution in [0.15, 0.2) is 0 Å². The first-order chi connectivity index (χ1) is 9.43. The maximum atomic E-state index is 12.4. The fourth-order valence-electron chi connectivity index (χ4n) is 2.23. The lowest BCUT2D eigenvalue weighted by Crippen LogP contribution is -2.48. The third kappa shape index (κ3) is 4.41. The Labute approximate surface area is 121 Å². The van der Waals surface area contributed by atoms with Crippen LogP contribution in [0.3, 0.4) is 0 Å². The van der Waals surface area contributed by atoms with E-state index in [1.807, 2.05) is 0 Å². The highest BCUT2D eigenvalue weighted by Gasteiger charge is 2.34. The number of nitrogens with zero attached hydrogens (tertiary/aromatic N) is 2. The molecule has 1 aliphatic rings. The van der Waals surface area contributed by atoms with Gasteiger partial charge in [-0.3, -0.25) is 4.79 Å². The molecule has 0 saturated carbocycles. The van der Waals surface area contributed by atoms with E-state index in [1.165, 1.54) is 8.61 Å².